The van der Waals surface area contributed by atoms with Gasteiger partial charge in [0.1, 0.15) is 18.1 Å². The SMILES string of the molecule is CN1C(=O)/C(=C/c2cn(CCOc3ccccc3)c3ccc(Br)cc23)N(C)C1=S. The molecule has 2 aromatic carbocycles. The third-order valence-corrected chi connectivity index (χ3v) is 6.01. The molecule has 0 radical (unpaired) electrons. The molecule has 1 aliphatic rings. The molecule has 1 fully saturated rings. The molecule has 1 aromatic heterocycles. The molecule has 0 saturated carbocycles. The molecule has 5 nitrogen and oxygen atoms in total. The first-order valence-electron chi connectivity index (χ1n) is 9.19. The number of amides is 1. The maximum atomic E-state index is 12.6. The fourth-order valence-electron chi connectivity index (χ4n) is 3.41. The Morgan fingerprint density at radius 2 is 1.86 bits per heavy atom. The highest BCUT2D eigenvalue weighted by molar-refractivity contribution is 9.10. The number of hydrogen-bond donors (Lipinski definition) is 0. The van der Waals surface area contributed by atoms with Gasteiger partial charge in [0.15, 0.2) is 5.11 Å². The number of carbonyl (C=O) groups is 1. The van der Waals surface area contributed by atoms with Crippen molar-refractivity contribution in [3.8, 4) is 5.75 Å². The molecule has 1 saturated heterocycles. The van der Waals surface area contributed by atoms with E-state index in [0.717, 1.165) is 26.7 Å². The Hall–Kier alpha value is -2.64. The number of likely N-dealkylation sites (N-methyl/N-ethyl adjacent to an activating group) is 2. The number of benzene rings is 2. The van der Waals surface area contributed by atoms with Gasteiger partial charge in [0.2, 0.25) is 0 Å². The molecule has 2 heterocycles. The fraction of sp³-hybridized carbons (Fsp3) is 0.182. The number of hydrogen-bond acceptors (Lipinski definition) is 3. The van der Waals surface area contributed by atoms with Crippen LogP contribution in [0.2, 0.25) is 0 Å². The Morgan fingerprint density at radius 1 is 1.10 bits per heavy atom. The average Bonchev–Trinajstić information content (AvgIpc) is 3.15. The van der Waals surface area contributed by atoms with Gasteiger partial charge in [0.05, 0.1) is 6.54 Å². The van der Waals surface area contributed by atoms with Crippen LogP contribution in [0.5, 0.6) is 5.75 Å². The summed E-state index contributed by atoms with van der Waals surface area (Å²) in [5, 5.41) is 1.57. The van der Waals surface area contributed by atoms with Gasteiger partial charge in [-0.15, -0.1) is 0 Å². The van der Waals surface area contributed by atoms with Gasteiger partial charge in [-0.25, -0.2) is 0 Å². The van der Waals surface area contributed by atoms with E-state index in [1.807, 2.05) is 49.5 Å². The standard InChI is InChI=1S/C22H20BrN3O2S/c1-24-20(21(27)25(2)22(24)29)12-15-14-26(19-9-8-16(23)13-18(15)19)10-11-28-17-6-4-3-5-7-17/h3-9,12-14H,10-11H2,1-2H3/b20-12-. The number of para-hydroxylation sites is 1. The van der Waals surface area contributed by atoms with Crippen LogP contribution in [0, 0.1) is 0 Å². The van der Waals surface area contributed by atoms with Crippen molar-refractivity contribution in [2.75, 3.05) is 20.7 Å². The number of thiocarbonyl (C=S) groups is 1. The second-order valence-corrected chi connectivity index (χ2v) is 8.12. The molecule has 1 aliphatic heterocycles. The number of fused-ring (bicyclic) bond motifs is 1. The number of rotatable bonds is 5. The largest absolute Gasteiger partial charge is 0.492 e. The van der Waals surface area contributed by atoms with Crippen LogP contribution in [0.4, 0.5) is 0 Å². The predicted octanol–water partition coefficient (Wildman–Crippen LogP) is 4.51. The zero-order chi connectivity index (χ0) is 20.5. The van der Waals surface area contributed by atoms with Crippen LogP contribution in [0.1, 0.15) is 5.56 Å². The lowest BCUT2D eigenvalue weighted by atomic mass is 10.1. The molecule has 0 atom stereocenters. The Bertz CT molecular complexity index is 1120. The van der Waals surface area contributed by atoms with Crippen LogP contribution < -0.4 is 4.74 Å². The monoisotopic (exact) mass is 469 g/mol. The number of halogens is 1. The topological polar surface area (TPSA) is 37.7 Å². The summed E-state index contributed by atoms with van der Waals surface area (Å²) in [5.41, 5.74) is 2.62. The normalized spacial score (nSPS) is 15.8. The van der Waals surface area contributed by atoms with Crippen molar-refractivity contribution >= 4 is 56.1 Å². The van der Waals surface area contributed by atoms with Crippen molar-refractivity contribution in [2.45, 2.75) is 6.54 Å². The molecule has 0 bridgehead atoms. The van der Waals surface area contributed by atoms with Crippen LogP contribution in [0.3, 0.4) is 0 Å². The van der Waals surface area contributed by atoms with E-state index in [1.165, 1.54) is 4.90 Å². The van der Waals surface area contributed by atoms with Gasteiger partial charge in [-0.05, 0) is 48.6 Å². The zero-order valence-electron chi connectivity index (χ0n) is 16.1. The third kappa shape index (κ3) is 3.80. The quantitative estimate of drug-likeness (QED) is 0.406. The van der Waals surface area contributed by atoms with Crippen LogP contribution in [0.25, 0.3) is 17.0 Å². The molecule has 1 amide bonds. The van der Waals surface area contributed by atoms with Crippen molar-refractivity contribution in [1.29, 1.82) is 0 Å². The summed E-state index contributed by atoms with van der Waals surface area (Å²) in [6, 6.07) is 15.9. The number of aromatic nitrogens is 1. The van der Waals surface area contributed by atoms with Crippen molar-refractivity contribution in [1.82, 2.24) is 14.4 Å². The van der Waals surface area contributed by atoms with E-state index >= 15 is 0 Å². The predicted molar refractivity (Wildman–Crippen MR) is 123 cm³/mol. The van der Waals surface area contributed by atoms with Gasteiger partial charge in [-0.2, -0.15) is 0 Å². The van der Waals surface area contributed by atoms with E-state index in [0.29, 0.717) is 24.0 Å². The van der Waals surface area contributed by atoms with Crippen molar-refractivity contribution in [3.63, 3.8) is 0 Å². The van der Waals surface area contributed by atoms with Crippen molar-refractivity contribution in [3.05, 3.63) is 70.5 Å². The smallest absolute Gasteiger partial charge is 0.276 e. The molecule has 0 spiro atoms. The summed E-state index contributed by atoms with van der Waals surface area (Å²) in [6.07, 6.45) is 3.96. The molecule has 0 unspecified atom stereocenters. The molecule has 3 aromatic rings. The summed E-state index contributed by atoms with van der Waals surface area (Å²) >= 11 is 8.87. The summed E-state index contributed by atoms with van der Waals surface area (Å²) in [5.74, 6) is 0.754. The summed E-state index contributed by atoms with van der Waals surface area (Å²) in [6.45, 7) is 1.24. The van der Waals surface area contributed by atoms with Crippen molar-refractivity contribution in [2.24, 2.45) is 0 Å². The highest BCUT2D eigenvalue weighted by atomic mass is 79.9. The van der Waals surface area contributed by atoms with Crippen molar-refractivity contribution < 1.29 is 9.53 Å². The highest BCUT2D eigenvalue weighted by Gasteiger charge is 2.32. The summed E-state index contributed by atoms with van der Waals surface area (Å²) < 4.78 is 8.99. The molecule has 29 heavy (non-hydrogen) atoms. The van der Waals surface area contributed by atoms with Gasteiger partial charge in [-0.1, -0.05) is 34.1 Å². The second kappa shape index (κ2) is 8.00. The third-order valence-electron chi connectivity index (χ3n) is 4.97. The first-order valence-corrected chi connectivity index (χ1v) is 10.4. The van der Waals surface area contributed by atoms with E-state index in [9.17, 15) is 4.79 Å². The molecule has 0 aliphatic carbocycles. The number of carbonyl (C=O) groups excluding carboxylic acids is 1. The second-order valence-electron chi connectivity index (χ2n) is 6.84. The number of nitrogens with zero attached hydrogens (tertiary/aromatic N) is 3. The first kappa shape index (κ1) is 19.7. The van der Waals surface area contributed by atoms with Gasteiger partial charge in [0, 0.05) is 41.2 Å². The summed E-state index contributed by atoms with van der Waals surface area (Å²) in [4.78, 5) is 15.8. The zero-order valence-corrected chi connectivity index (χ0v) is 18.5. The Labute approximate surface area is 183 Å². The lowest BCUT2D eigenvalue weighted by Gasteiger charge is -2.10. The Balaban J connectivity index is 1.66. The lowest BCUT2D eigenvalue weighted by Crippen LogP contribution is -2.26. The number of ether oxygens (including phenoxy) is 1. The van der Waals surface area contributed by atoms with Gasteiger partial charge in [0.25, 0.3) is 5.91 Å². The maximum absolute atomic E-state index is 12.6. The molecular formula is C22H20BrN3O2S. The minimum atomic E-state index is -0.0965. The Kier molecular flexibility index (Phi) is 5.43. The summed E-state index contributed by atoms with van der Waals surface area (Å²) in [7, 11) is 3.52. The molecule has 148 valence electrons. The average molecular weight is 470 g/mol. The highest BCUT2D eigenvalue weighted by Crippen LogP contribution is 2.29. The minimum absolute atomic E-state index is 0.0965. The van der Waals surface area contributed by atoms with Gasteiger partial charge < -0.3 is 14.2 Å². The molecule has 4 rings (SSSR count). The first-order chi connectivity index (χ1) is 14.0. The fourth-order valence-corrected chi connectivity index (χ4v) is 3.95. The van der Waals surface area contributed by atoms with E-state index in [1.54, 1.807) is 11.9 Å². The van der Waals surface area contributed by atoms with E-state index in [-0.39, 0.29) is 5.91 Å². The van der Waals surface area contributed by atoms with Gasteiger partial charge >= 0.3 is 0 Å². The van der Waals surface area contributed by atoms with Gasteiger partial charge in [-0.3, -0.25) is 9.69 Å². The maximum Gasteiger partial charge on any atom is 0.276 e. The molecule has 0 N–H and O–H groups in total. The van der Waals surface area contributed by atoms with E-state index in [2.05, 4.69) is 38.8 Å². The molecule has 7 heteroatoms. The Morgan fingerprint density at radius 3 is 2.55 bits per heavy atom. The van der Waals surface area contributed by atoms with E-state index < -0.39 is 0 Å². The van der Waals surface area contributed by atoms with E-state index in [4.69, 9.17) is 17.0 Å². The minimum Gasteiger partial charge on any atom is -0.492 e. The van der Waals surface area contributed by atoms with Crippen LogP contribution in [0.15, 0.2) is 64.9 Å². The molecular weight excluding hydrogens is 450 g/mol. The lowest BCUT2D eigenvalue weighted by molar-refractivity contribution is -0.121. The van der Waals surface area contributed by atoms with Crippen LogP contribution >= 0.6 is 28.1 Å². The van der Waals surface area contributed by atoms with Crippen LogP contribution in [-0.2, 0) is 11.3 Å². The van der Waals surface area contributed by atoms with Crippen LogP contribution in [-0.4, -0.2) is 46.1 Å².